The van der Waals surface area contributed by atoms with Crippen molar-refractivity contribution in [1.29, 1.82) is 5.41 Å². The number of rotatable bonds is 2. The van der Waals surface area contributed by atoms with E-state index in [2.05, 4.69) is 42.5 Å². The zero-order valence-electron chi connectivity index (χ0n) is 8.74. The fraction of sp³-hybridized carbons (Fsp3) is 0.357. The number of hydrogen-bond donors (Lipinski definition) is 1. The van der Waals surface area contributed by atoms with Crippen LogP contribution in [0.3, 0.4) is 0 Å². The van der Waals surface area contributed by atoms with Crippen molar-refractivity contribution < 1.29 is 0 Å². The summed E-state index contributed by atoms with van der Waals surface area (Å²) in [7, 11) is 0. The highest BCUT2D eigenvalue weighted by atomic mass is 14.6. The molecule has 15 heavy (non-hydrogen) atoms. The number of fused-ring (bicyclic) bond motifs is 1. The molecule has 3 rings (SSSR count). The average Bonchev–Trinajstić information content (AvgIpc) is 3.05. The molecule has 0 aromatic rings. The van der Waals surface area contributed by atoms with Gasteiger partial charge in [-0.25, -0.2) is 0 Å². The molecule has 0 saturated heterocycles. The second-order valence-electron chi connectivity index (χ2n) is 4.63. The van der Waals surface area contributed by atoms with Crippen LogP contribution in [0.25, 0.3) is 0 Å². The second-order valence-corrected chi connectivity index (χ2v) is 4.63. The summed E-state index contributed by atoms with van der Waals surface area (Å²) in [6.07, 6.45) is 18.3. The molecule has 3 aliphatic carbocycles. The lowest BCUT2D eigenvalue weighted by atomic mass is 9.86. The maximum atomic E-state index is 8.33. The van der Waals surface area contributed by atoms with Crippen molar-refractivity contribution in [3.05, 3.63) is 48.1 Å². The predicted molar refractivity (Wildman–Crippen MR) is 63.0 cm³/mol. The van der Waals surface area contributed by atoms with E-state index in [0.717, 1.165) is 25.0 Å². The van der Waals surface area contributed by atoms with Crippen molar-refractivity contribution in [1.82, 2.24) is 0 Å². The Balaban J connectivity index is 1.87. The van der Waals surface area contributed by atoms with Gasteiger partial charge in [0.05, 0.1) is 0 Å². The largest absolute Gasteiger partial charge is 0.304 e. The van der Waals surface area contributed by atoms with E-state index in [0.29, 0.717) is 5.92 Å². The van der Waals surface area contributed by atoms with E-state index < -0.39 is 0 Å². The Kier molecular flexibility index (Phi) is 1.82. The fourth-order valence-corrected chi connectivity index (χ4v) is 2.64. The molecule has 1 fully saturated rings. The molecular formula is C14H15N. The molecule has 1 saturated carbocycles. The van der Waals surface area contributed by atoms with Gasteiger partial charge < -0.3 is 5.41 Å². The lowest BCUT2D eigenvalue weighted by molar-refractivity contribution is 0.813. The van der Waals surface area contributed by atoms with Crippen LogP contribution >= 0.6 is 0 Å². The molecule has 0 spiro atoms. The highest BCUT2D eigenvalue weighted by molar-refractivity contribution is 6.06. The van der Waals surface area contributed by atoms with Crippen LogP contribution in [0, 0.1) is 16.7 Å². The Hall–Kier alpha value is -1.37. The van der Waals surface area contributed by atoms with Gasteiger partial charge in [-0.15, -0.1) is 0 Å². The monoisotopic (exact) mass is 197 g/mol. The smallest absolute Gasteiger partial charge is 0.0451 e. The first-order chi connectivity index (χ1) is 7.33. The van der Waals surface area contributed by atoms with Gasteiger partial charge in [0.2, 0.25) is 0 Å². The molecule has 1 nitrogen and oxygen atoms in total. The Morgan fingerprint density at radius 2 is 2.27 bits per heavy atom. The van der Waals surface area contributed by atoms with Crippen LogP contribution in [0.4, 0.5) is 0 Å². The number of nitrogens with one attached hydrogen (secondary N) is 1. The van der Waals surface area contributed by atoms with E-state index in [1.54, 1.807) is 0 Å². The normalized spacial score (nSPS) is 36.0. The van der Waals surface area contributed by atoms with Gasteiger partial charge in [0.25, 0.3) is 0 Å². The molecule has 0 aromatic heterocycles. The lowest BCUT2D eigenvalue weighted by Gasteiger charge is -2.19. The molecular weight excluding hydrogens is 182 g/mol. The van der Waals surface area contributed by atoms with E-state index >= 15 is 0 Å². The molecule has 2 unspecified atom stereocenters. The van der Waals surface area contributed by atoms with Gasteiger partial charge in [-0.05, 0) is 30.8 Å². The Labute approximate surface area is 90.4 Å². The van der Waals surface area contributed by atoms with Crippen LogP contribution in [0.2, 0.25) is 0 Å². The molecule has 2 atom stereocenters. The third-order valence-corrected chi connectivity index (χ3v) is 3.71. The lowest BCUT2D eigenvalue weighted by Crippen LogP contribution is -2.18. The minimum Gasteiger partial charge on any atom is -0.304 e. The summed E-state index contributed by atoms with van der Waals surface area (Å²) in [5, 5.41) is 8.33. The van der Waals surface area contributed by atoms with Gasteiger partial charge in [0.1, 0.15) is 0 Å². The summed E-state index contributed by atoms with van der Waals surface area (Å²) in [5.41, 5.74) is 2.17. The van der Waals surface area contributed by atoms with Crippen LogP contribution < -0.4 is 0 Å². The van der Waals surface area contributed by atoms with E-state index in [9.17, 15) is 0 Å². The molecule has 0 bridgehead atoms. The second kappa shape index (κ2) is 3.06. The maximum absolute atomic E-state index is 8.33. The Morgan fingerprint density at radius 1 is 1.33 bits per heavy atom. The highest BCUT2D eigenvalue weighted by Gasteiger charge is 2.55. The zero-order chi connectivity index (χ0) is 10.3. The summed E-state index contributed by atoms with van der Waals surface area (Å²) < 4.78 is 0. The molecule has 1 heteroatoms. The number of hydrogen-bond acceptors (Lipinski definition) is 1. The molecule has 1 N–H and O–H groups in total. The van der Waals surface area contributed by atoms with Gasteiger partial charge in [-0.3, -0.25) is 0 Å². The highest BCUT2D eigenvalue weighted by Crippen LogP contribution is 2.58. The summed E-state index contributed by atoms with van der Waals surface area (Å²) in [5.74, 6) is 0.599. The van der Waals surface area contributed by atoms with Crippen molar-refractivity contribution >= 4 is 5.71 Å². The van der Waals surface area contributed by atoms with Crippen LogP contribution in [0.5, 0.6) is 0 Å². The van der Waals surface area contributed by atoms with Crippen molar-refractivity contribution in [3.63, 3.8) is 0 Å². The summed E-state index contributed by atoms with van der Waals surface area (Å²) in [6.45, 7) is 0. The number of allylic oxidation sites excluding steroid dienone is 8. The van der Waals surface area contributed by atoms with E-state index in [4.69, 9.17) is 5.41 Å². The van der Waals surface area contributed by atoms with Crippen molar-refractivity contribution in [2.75, 3.05) is 0 Å². The van der Waals surface area contributed by atoms with Gasteiger partial charge in [0, 0.05) is 11.1 Å². The van der Waals surface area contributed by atoms with Crippen molar-refractivity contribution in [3.8, 4) is 0 Å². The molecule has 0 radical (unpaired) electrons. The van der Waals surface area contributed by atoms with Gasteiger partial charge in [0.15, 0.2) is 0 Å². The molecule has 76 valence electrons. The third-order valence-electron chi connectivity index (χ3n) is 3.71. The van der Waals surface area contributed by atoms with Gasteiger partial charge in [-0.2, -0.15) is 0 Å². The van der Waals surface area contributed by atoms with E-state index in [1.165, 1.54) is 5.57 Å². The first-order valence-corrected chi connectivity index (χ1v) is 5.64. The van der Waals surface area contributed by atoms with Crippen LogP contribution in [0.15, 0.2) is 48.1 Å². The first-order valence-electron chi connectivity index (χ1n) is 5.64. The van der Waals surface area contributed by atoms with Crippen LogP contribution in [-0.4, -0.2) is 5.71 Å². The van der Waals surface area contributed by atoms with Gasteiger partial charge in [-0.1, -0.05) is 42.5 Å². The maximum Gasteiger partial charge on any atom is 0.0451 e. The molecule has 0 amide bonds. The predicted octanol–water partition coefficient (Wildman–Crippen LogP) is 3.41. The minimum absolute atomic E-state index is 0.0752. The van der Waals surface area contributed by atoms with E-state index in [-0.39, 0.29) is 5.41 Å². The SMILES string of the molecule is N=C(C1=CC=CCC1)C12C=CC=CC1C2. The first kappa shape index (κ1) is 8.90. The summed E-state index contributed by atoms with van der Waals surface area (Å²) in [4.78, 5) is 0. The van der Waals surface area contributed by atoms with Gasteiger partial charge >= 0.3 is 0 Å². The fourth-order valence-electron chi connectivity index (χ4n) is 2.64. The average molecular weight is 197 g/mol. The molecule has 0 aliphatic heterocycles. The standard InChI is InChI=1S/C14H15N/c15-13(11-6-2-1-3-7-11)14-9-5-4-8-12(14)10-14/h1-2,4-6,8-9,12,15H,3,7,10H2. The van der Waals surface area contributed by atoms with Crippen LogP contribution in [-0.2, 0) is 0 Å². The molecule has 0 aromatic carbocycles. The molecule has 3 aliphatic rings. The van der Waals surface area contributed by atoms with Crippen LogP contribution in [0.1, 0.15) is 19.3 Å². The Bertz CT molecular complexity index is 423. The Morgan fingerprint density at radius 3 is 3.00 bits per heavy atom. The minimum atomic E-state index is 0.0752. The quantitative estimate of drug-likeness (QED) is 0.656. The molecule has 0 heterocycles. The third kappa shape index (κ3) is 1.26. The summed E-state index contributed by atoms with van der Waals surface area (Å²) in [6, 6.07) is 0. The zero-order valence-corrected chi connectivity index (χ0v) is 8.74. The van der Waals surface area contributed by atoms with Crippen molar-refractivity contribution in [2.24, 2.45) is 11.3 Å². The van der Waals surface area contributed by atoms with E-state index in [1.807, 2.05) is 0 Å². The topological polar surface area (TPSA) is 23.9 Å². The van der Waals surface area contributed by atoms with Crippen molar-refractivity contribution in [2.45, 2.75) is 19.3 Å². The summed E-state index contributed by atoms with van der Waals surface area (Å²) >= 11 is 0.